The highest BCUT2D eigenvalue weighted by molar-refractivity contribution is 6.33. The maximum Gasteiger partial charge on any atom is 0.304 e. The quantitative estimate of drug-likeness (QED) is 0.853. The van der Waals surface area contributed by atoms with Crippen LogP contribution in [0.3, 0.4) is 0 Å². The zero-order chi connectivity index (χ0) is 11.7. The Morgan fingerprint density at radius 2 is 2.44 bits per heavy atom. The number of rotatable bonds is 3. The number of fused-ring (bicyclic) bond motifs is 1. The fourth-order valence-corrected chi connectivity index (χ4v) is 2.28. The molecule has 0 fully saturated rings. The molecule has 1 unspecified atom stereocenters. The molecule has 2 N–H and O–H groups in total. The van der Waals surface area contributed by atoms with E-state index in [1.54, 1.807) is 19.2 Å². The van der Waals surface area contributed by atoms with Gasteiger partial charge in [-0.2, -0.15) is 0 Å². The maximum absolute atomic E-state index is 10.7. The number of carbonyl (C=O) groups is 1. The third-order valence-electron chi connectivity index (χ3n) is 2.73. The van der Waals surface area contributed by atoms with Crippen molar-refractivity contribution in [2.24, 2.45) is 0 Å². The molecule has 0 saturated heterocycles. The van der Waals surface area contributed by atoms with Gasteiger partial charge in [0.05, 0.1) is 24.2 Å². The Hall–Kier alpha value is -1.42. The first-order chi connectivity index (χ1) is 7.63. The van der Waals surface area contributed by atoms with E-state index in [1.165, 1.54) is 0 Å². The number of hydrogen-bond acceptors (Lipinski definition) is 3. The van der Waals surface area contributed by atoms with Crippen molar-refractivity contribution in [3.05, 3.63) is 22.7 Å². The van der Waals surface area contributed by atoms with Crippen molar-refractivity contribution in [2.75, 3.05) is 19.0 Å². The molecular formula is C11H12ClNO3. The normalized spacial score (nSPS) is 17.8. The Balaban J connectivity index is 2.43. The van der Waals surface area contributed by atoms with Crippen molar-refractivity contribution in [1.29, 1.82) is 0 Å². The number of hydrogen-bond donors (Lipinski definition) is 2. The number of anilines is 1. The van der Waals surface area contributed by atoms with Gasteiger partial charge in [-0.05, 0) is 12.1 Å². The Morgan fingerprint density at radius 3 is 3.06 bits per heavy atom. The van der Waals surface area contributed by atoms with Crippen molar-refractivity contribution in [3.63, 3.8) is 0 Å². The van der Waals surface area contributed by atoms with Crippen molar-refractivity contribution in [3.8, 4) is 5.75 Å². The van der Waals surface area contributed by atoms with E-state index >= 15 is 0 Å². The lowest BCUT2D eigenvalue weighted by molar-refractivity contribution is -0.137. The molecule has 0 aromatic heterocycles. The summed E-state index contributed by atoms with van der Waals surface area (Å²) in [4.78, 5) is 10.7. The molecule has 1 atom stereocenters. The molecular weight excluding hydrogens is 230 g/mol. The molecule has 1 aliphatic heterocycles. The fourth-order valence-electron chi connectivity index (χ4n) is 2.05. The smallest absolute Gasteiger partial charge is 0.304 e. The summed E-state index contributed by atoms with van der Waals surface area (Å²) in [5, 5.41) is 12.6. The average Bonchev–Trinajstić information content (AvgIpc) is 2.63. The van der Waals surface area contributed by atoms with Crippen LogP contribution in [-0.4, -0.2) is 24.7 Å². The minimum Gasteiger partial charge on any atom is -0.496 e. The number of ether oxygens (including phenoxy) is 1. The van der Waals surface area contributed by atoms with Crippen molar-refractivity contribution in [1.82, 2.24) is 0 Å². The van der Waals surface area contributed by atoms with Crippen LogP contribution in [0.25, 0.3) is 0 Å². The van der Waals surface area contributed by atoms with E-state index in [2.05, 4.69) is 5.32 Å². The molecule has 1 heterocycles. The summed E-state index contributed by atoms with van der Waals surface area (Å²) in [5.74, 6) is -0.210. The van der Waals surface area contributed by atoms with Crippen LogP contribution in [0.4, 0.5) is 5.69 Å². The number of benzene rings is 1. The van der Waals surface area contributed by atoms with E-state index in [-0.39, 0.29) is 12.3 Å². The van der Waals surface area contributed by atoms with Crippen LogP contribution >= 0.6 is 11.6 Å². The van der Waals surface area contributed by atoms with Crippen LogP contribution in [0.15, 0.2) is 12.1 Å². The molecule has 0 bridgehead atoms. The van der Waals surface area contributed by atoms with Gasteiger partial charge in [0.1, 0.15) is 5.75 Å². The molecule has 4 nitrogen and oxygen atoms in total. The first-order valence-corrected chi connectivity index (χ1v) is 5.33. The summed E-state index contributed by atoms with van der Waals surface area (Å²) < 4.78 is 5.23. The Morgan fingerprint density at radius 1 is 1.69 bits per heavy atom. The van der Waals surface area contributed by atoms with E-state index in [4.69, 9.17) is 21.4 Å². The van der Waals surface area contributed by atoms with Gasteiger partial charge in [0.2, 0.25) is 0 Å². The second-order valence-corrected chi connectivity index (χ2v) is 4.12. The van der Waals surface area contributed by atoms with E-state index in [0.29, 0.717) is 17.3 Å². The zero-order valence-electron chi connectivity index (χ0n) is 8.79. The lowest BCUT2D eigenvalue weighted by atomic mass is 9.97. The van der Waals surface area contributed by atoms with Gasteiger partial charge in [-0.1, -0.05) is 11.6 Å². The predicted molar refractivity (Wildman–Crippen MR) is 61.5 cm³/mol. The Labute approximate surface area is 98.2 Å². The number of aliphatic carboxylic acids is 1. The lowest BCUT2D eigenvalue weighted by Gasteiger charge is -2.12. The summed E-state index contributed by atoms with van der Waals surface area (Å²) >= 11 is 6.03. The van der Waals surface area contributed by atoms with Crippen molar-refractivity contribution in [2.45, 2.75) is 12.3 Å². The van der Waals surface area contributed by atoms with Gasteiger partial charge >= 0.3 is 5.97 Å². The summed E-state index contributed by atoms with van der Waals surface area (Å²) in [6.07, 6.45) is 0.0801. The minimum atomic E-state index is -0.818. The minimum absolute atomic E-state index is 0.0801. The highest BCUT2D eigenvalue weighted by atomic mass is 35.5. The molecule has 0 amide bonds. The second-order valence-electron chi connectivity index (χ2n) is 3.71. The van der Waals surface area contributed by atoms with Gasteiger partial charge in [-0.3, -0.25) is 4.79 Å². The first-order valence-electron chi connectivity index (χ1n) is 4.95. The van der Waals surface area contributed by atoms with Crippen LogP contribution in [0, 0.1) is 0 Å². The van der Waals surface area contributed by atoms with Crippen LogP contribution in [0.1, 0.15) is 17.9 Å². The molecule has 2 rings (SSSR count). The van der Waals surface area contributed by atoms with Crippen LogP contribution in [0.5, 0.6) is 5.75 Å². The van der Waals surface area contributed by atoms with E-state index in [9.17, 15) is 4.79 Å². The molecule has 86 valence electrons. The van der Waals surface area contributed by atoms with Gasteiger partial charge in [0.25, 0.3) is 0 Å². The monoisotopic (exact) mass is 241 g/mol. The highest BCUT2D eigenvalue weighted by Crippen LogP contribution is 2.44. The van der Waals surface area contributed by atoms with Crippen molar-refractivity contribution < 1.29 is 14.6 Å². The average molecular weight is 242 g/mol. The van der Waals surface area contributed by atoms with Crippen LogP contribution in [0.2, 0.25) is 5.02 Å². The SMILES string of the molecule is COc1ccc(Cl)c2c1C(CC(=O)O)CN2. The Kier molecular flexibility index (Phi) is 2.92. The summed E-state index contributed by atoms with van der Waals surface area (Å²) in [6.45, 7) is 0.585. The molecule has 1 aromatic rings. The number of methoxy groups -OCH3 is 1. The van der Waals surface area contributed by atoms with E-state index in [0.717, 1.165) is 11.3 Å². The molecule has 5 heteroatoms. The van der Waals surface area contributed by atoms with Gasteiger partial charge in [-0.25, -0.2) is 0 Å². The van der Waals surface area contributed by atoms with Gasteiger partial charge in [0.15, 0.2) is 0 Å². The number of carboxylic acids is 1. The maximum atomic E-state index is 10.7. The molecule has 1 aromatic carbocycles. The number of nitrogens with one attached hydrogen (secondary N) is 1. The first kappa shape index (κ1) is 11.1. The molecule has 16 heavy (non-hydrogen) atoms. The number of halogens is 1. The highest BCUT2D eigenvalue weighted by Gasteiger charge is 2.29. The standard InChI is InChI=1S/C11H12ClNO3/c1-16-8-3-2-7(12)11-10(8)6(5-13-11)4-9(14)15/h2-3,6,13H,4-5H2,1H3,(H,14,15). The summed E-state index contributed by atoms with van der Waals surface area (Å²) in [5.41, 5.74) is 1.67. The zero-order valence-corrected chi connectivity index (χ0v) is 9.54. The Bertz CT molecular complexity index is 433. The molecule has 0 saturated carbocycles. The van der Waals surface area contributed by atoms with Crippen LogP contribution < -0.4 is 10.1 Å². The molecule has 1 aliphatic rings. The summed E-state index contributed by atoms with van der Waals surface area (Å²) in [6, 6.07) is 3.51. The fraction of sp³-hybridized carbons (Fsp3) is 0.364. The van der Waals surface area contributed by atoms with Crippen LogP contribution in [-0.2, 0) is 4.79 Å². The number of carboxylic acid groups (broad SMARTS) is 1. The third-order valence-corrected chi connectivity index (χ3v) is 3.04. The second kappa shape index (κ2) is 4.22. The van der Waals surface area contributed by atoms with E-state index in [1.807, 2.05) is 0 Å². The van der Waals surface area contributed by atoms with Crippen molar-refractivity contribution >= 4 is 23.3 Å². The van der Waals surface area contributed by atoms with Gasteiger partial charge in [-0.15, -0.1) is 0 Å². The lowest BCUT2D eigenvalue weighted by Crippen LogP contribution is -2.08. The predicted octanol–water partition coefficient (Wildman–Crippen LogP) is 2.33. The molecule has 0 radical (unpaired) electrons. The molecule has 0 aliphatic carbocycles. The van der Waals surface area contributed by atoms with E-state index < -0.39 is 5.97 Å². The van der Waals surface area contributed by atoms with Gasteiger partial charge < -0.3 is 15.2 Å². The van der Waals surface area contributed by atoms with Gasteiger partial charge in [0, 0.05) is 18.0 Å². The largest absolute Gasteiger partial charge is 0.496 e. The summed E-state index contributed by atoms with van der Waals surface area (Å²) in [7, 11) is 1.57. The third kappa shape index (κ3) is 1.80. The topological polar surface area (TPSA) is 58.6 Å². The molecule has 0 spiro atoms.